The SMILES string of the molecule is O=C1CCN([C@@H](c2ccc3ccc(Cl)cc3c2)C(F)(F)F)N1. The zero-order valence-electron chi connectivity index (χ0n) is 11.3. The van der Waals surface area contributed by atoms with Crippen LogP contribution < -0.4 is 5.43 Å². The first-order valence-electron chi connectivity index (χ1n) is 6.67. The molecule has 1 heterocycles. The lowest BCUT2D eigenvalue weighted by atomic mass is 10.0. The Hall–Kier alpha value is -1.79. The first-order chi connectivity index (χ1) is 10.3. The van der Waals surface area contributed by atoms with E-state index < -0.39 is 18.1 Å². The molecule has 1 fully saturated rings. The van der Waals surface area contributed by atoms with E-state index in [4.69, 9.17) is 11.6 Å². The van der Waals surface area contributed by atoms with Crippen LogP contribution in [-0.4, -0.2) is 23.6 Å². The summed E-state index contributed by atoms with van der Waals surface area (Å²) in [5.41, 5.74) is 2.34. The van der Waals surface area contributed by atoms with E-state index in [2.05, 4.69) is 5.43 Å². The van der Waals surface area contributed by atoms with Gasteiger partial charge < -0.3 is 0 Å². The van der Waals surface area contributed by atoms with Crippen molar-refractivity contribution in [3.8, 4) is 0 Å². The molecular formula is C15H12ClF3N2O. The minimum Gasteiger partial charge on any atom is -0.288 e. The van der Waals surface area contributed by atoms with Crippen molar-refractivity contribution in [3.05, 3.63) is 47.0 Å². The van der Waals surface area contributed by atoms with Crippen molar-refractivity contribution in [3.63, 3.8) is 0 Å². The molecule has 1 amide bonds. The van der Waals surface area contributed by atoms with E-state index in [1.807, 2.05) is 0 Å². The highest BCUT2D eigenvalue weighted by Crippen LogP contribution is 2.39. The number of fused-ring (bicyclic) bond motifs is 1. The summed E-state index contributed by atoms with van der Waals surface area (Å²) in [5, 5.41) is 2.83. The van der Waals surface area contributed by atoms with Gasteiger partial charge in [-0.3, -0.25) is 10.2 Å². The number of halogens is 4. The number of amides is 1. The minimum atomic E-state index is -4.50. The normalized spacial score (nSPS) is 17.7. The van der Waals surface area contributed by atoms with Crippen LogP contribution in [0.4, 0.5) is 13.2 Å². The molecule has 1 atom stereocenters. The molecule has 3 rings (SSSR count). The summed E-state index contributed by atoms with van der Waals surface area (Å²) in [5.74, 6) is -0.405. The van der Waals surface area contributed by atoms with Crippen molar-refractivity contribution in [2.75, 3.05) is 6.54 Å². The summed E-state index contributed by atoms with van der Waals surface area (Å²) >= 11 is 5.90. The molecule has 1 aliphatic rings. The quantitative estimate of drug-likeness (QED) is 0.908. The number of rotatable bonds is 2. The molecule has 22 heavy (non-hydrogen) atoms. The lowest BCUT2D eigenvalue weighted by molar-refractivity contribution is -0.191. The fourth-order valence-corrected chi connectivity index (χ4v) is 2.82. The molecular weight excluding hydrogens is 317 g/mol. The Labute approximate surface area is 129 Å². The van der Waals surface area contributed by atoms with Gasteiger partial charge in [-0.15, -0.1) is 0 Å². The van der Waals surface area contributed by atoms with E-state index in [0.717, 1.165) is 10.4 Å². The van der Waals surface area contributed by atoms with E-state index in [1.165, 1.54) is 12.1 Å². The van der Waals surface area contributed by atoms with E-state index >= 15 is 0 Å². The van der Waals surface area contributed by atoms with Crippen LogP contribution in [0.3, 0.4) is 0 Å². The predicted octanol–water partition coefficient (Wildman–Crippen LogP) is 3.83. The monoisotopic (exact) mass is 328 g/mol. The summed E-state index contributed by atoms with van der Waals surface area (Å²) in [7, 11) is 0. The van der Waals surface area contributed by atoms with Gasteiger partial charge >= 0.3 is 6.18 Å². The Morgan fingerprint density at radius 1 is 1.14 bits per heavy atom. The van der Waals surface area contributed by atoms with Gasteiger partial charge in [0.25, 0.3) is 0 Å². The van der Waals surface area contributed by atoms with E-state index in [0.29, 0.717) is 10.4 Å². The smallest absolute Gasteiger partial charge is 0.288 e. The van der Waals surface area contributed by atoms with Gasteiger partial charge in [-0.05, 0) is 34.5 Å². The van der Waals surface area contributed by atoms with Gasteiger partial charge in [-0.1, -0.05) is 29.8 Å². The van der Waals surface area contributed by atoms with Crippen LogP contribution in [0.15, 0.2) is 36.4 Å². The van der Waals surface area contributed by atoms with E-state index in [-0.39, 0.29) is 18.5 Å². The van der Waals surface area contributed by atoms with Crippen LogP contribution in [0.1, 0.15) is 18.0 Å². The lowest BCUT2D eigenvalue weighted by Gasteiger charge is -2.29. The topological polar surface area (TPSA) is 32.3 Å². The third-order valence-electron chi connectivity index (χ3n) is 3.61. The highest BCUT2D eigenvalue weighted by atomic mass is 35.5. The summed E-state index contributed by atoms with van der Waals surface area (Å²) in [6.07, 6.45) is -4.43. The maximum Gasteiger partial charge on any atom is 0.409 e. The largest absolute Gasteiger partial charge is 0.409 e. The van der Waals surface area contributed by atoms with Crippen LogP contribution in [0.5, 0.6) is 0 Å². The molecule has 0 radical (unpaired) electrons. The molecule has 0 aliphatic carbocycles. The zero-order chi connectivity index (χ0) is 15.9. The van der Waals surface area contributed by atoms with Crippen LogP contribution in [0, 0.1) is 0 Å². The molecule has 3 nitrogen and oxygen atoms in total. The van der Waals surface area contributed by atoms with Crippen molar-refractivity contribution < 1.29 is 18.0 Å². The average molecular weight is 329 g/mol. The van der Waals surface area contributed by atoms with Crippen LogP contribution in [-0.2, 0) is 4.79 Å². The lowest BCUT2D eigenvalue weighted by Crippen LogP contribution is -2.43. The zero-order valence-corrected chi connectivity index (χ0v) is 12.1. The predicted molar refractivity (Wildman–Crippen MR) is 77.2 cm³/mol. The molecule has 0 saturated carbocycles. The van der Waals surface area contributed by atoms with Gasteiger partial charge in [0, 0.05) is 18.0 Å². The standard InChI is InChI=1S/C15H12ClF3N2O/c16-12-4-3-9-1-2-10(7-11(9)8-12)14(15(17,18)19)21-6-5-13(22)20-21/h1-4,7-8,14H,5-6H2,(H,20,22)/t14-/m0/s1. The molecule has 0 unspecified atom stereocenters. The Morgan fingerprint density at radius 2 is 1.86 bits per heavy atom. The van der Waals surface area contributed by atoms with Gasteiger partial charge in [0.1, 0.15) is 6.04 Å². The molecule has 0 bridgehead atoms. The van der Waals surface area contributed by atoms with E-state index in [1.54, 1.807) is 24.3 Å². The van der Waals surface area contributed by atoms with Crippen molar-refractivity contribution >= 4 is 28.3 Å². The Morgan fingerprint density at radius 3 is 2.50 bits per heavy atom. The molecule has 1 N–H and O–H groups in total. The van der Waals surface area contributed by atoms with E-state index in [9.17, 15) is 18.0 Å². The molecule has 116 valence electrons. The van der Waals surface area contributed by atoms with Gasteiger partial charge in [-0.25, -0.2) is 5.01 Å². The molecule has 1 aliphatic heterocycles. The number of hydrogen-bond donors (Lipinski definition) is 1. The van der Waals surface area contributed by atoms with Crippen molar-refractivity contribution in [1.29, 1.82) is 0 Å². The molecule has 2 aromatic rings. The van der Waals surface area contributed by atoms with Gasteiger partial charge in [-0.2, -0.15) is 13.2 Å². The van der Waals surface area contributed by atoms with Crippen molar-refractivity contribution in [1.82, 2.24) is 10.4 Å². The third kappa shape index (κ3) is 2.89. The van der Waals surface area contributed by atoms with Crippen molar-refractivity contribution in [2.45, 2.75) is 18.6 Å². The van der Waals surface area contributed by atoms with Gasteiger partial charge in [0.15, 0.2) is 0 Å². The molecule has 7 heteroatoms. The minimum absolute atomic E-state index is 0.0244. The maximum atomic E-state index is 13.4. The highest BCUT2D eigenvalue weighted by molar-refractivity contribution is 6.31. The first kappa shape index (κ1) is 15.1. The number of hydrogen-bond acceptors (Lipinski definition) is 2. The van der Waals surface area contributed by atoms with Crippen molar-refractivity contribution in [2.24, 2.45) is 0 Å². The molecule has 0 spiro atoms. The maximum absolute atomic E-state index is 13.4. The number of hydrazine groups is 1. The Balaban J connectivity index is 2.05. The number of carbonyl (C=O) groups excluding carboxylic acids is 1. The molecule has 0 aromatic heterocycles. The number of benzene rings is 2. The van der Waals surface area contributed by atoms with Crippen LogP contribution in [0.2, 0.25) is 5.02 Å². The van der Waals surface area contributed by atoms with Gasteiger partial charge in [0.2, 0.25) is 5.91 Å². The summed E-state index contributed by atoms with van der Waals surface area (Å²) in [6.45, 7) is 0.0244. The Bertz CT molecular complexity index is 732. The second-order valence-corrected chi connectivity index (χ2v) is 5.61. The fourth-order valence-electron chi connectivity index (χ4n) is 2.64. The summed E-state index contributed by atoms with van der Waals surface area (Å²) < 4.78 is 40.3. The highest BCUT2D eigenvalue weighted by Gasteiger charge is 2.46. The average Bonchev–Trinajstić information content (AvgIpc) is 2.83. The summed E-state index contributed by atoms with van der Waals surface area (Å²) in [4.78, 5) is 11.2. The molecule has 2 aromatic carbocycles. The second kappa shape index (κ2) is 5.44. The Kier molecular flexibility index (Phi) is 3.74. The number of alkyl halides is 3. The third-order valence-corrected chi connectivity index (χ3v) is 3.85. The van der Waals surface area contributed by atoms with Gasteiger partial charge in [0.05, 0.1) is 0 Å². The summed E-state index contributed by atoms with van der Waals surface area (Å²) in [6, 6.07) is 7.70. The second-order valence-electron chi connectivity index (χ2n) is 5.17. The number of carbonyl (C=O) groups is 1. The first-order valence-corrected chi connectivity index (χ1v) is 7.04. The van der Waals surface area contributed by atoms with Crippen LogP contribution >= 0.6 is 11.6 Å². The fraction of sp³-hybridized carbons (Fsp3) is 0.267. The number of nitrogens with zero attached hydrogens (tertiary/aromatic N) is 1. The number of nitrogens with one attached hydrogen (secondary N) is 1. The molecule has 1 saturated heterocycles. The van der Waals surface area contributed by atoms with Crippen LogP contribution in [0.25, 0.3) is 10.8 Å².